The molecule has 0 radical (unpaired) electrons. The Morgan fingerprint density at radius 1 is 1.14 bits per heavy atom. The zero-order chi connectivity index (χ0) is 26.3. The lowest BCUT2D eigenvalue weighted by Crippen LogP contribution is -2.47. The molecule has 0 spiro atoms. The normalized spacial score (nSPS) is 11.3. The van der Waals surface area contributed by atoms with Gasteiger partial charge in [0.1, 0.15) is 18.9 Å². The third kappa shape index (κ3) is 8.43. The average Bonchev–Trinajstić information content (AvgIpc) is 3.17. The predicted octanol–water partition coefficient (Wildman–Crippen LogP) is 4.65. The summed E-state index contributed by atoms with van der Waals surface area (Å²) in [5.74, 6) is -0.436. The number of aromatic nitrogens is 2. The van der Waals surface area contributed by atoms with Gasteiger partial charge < -0.3 is 20.3 Å². The van der Waals surface area contributed by atoms with Gasteiger partial charge in [0, 0.05) is 18.0 Å². The molecular weight excluding hydrogens is 493 g/mol. The molecule has 0 aliphatic rings. The molecule has 0 aliphatic heterocycles. The van der Waals surface area contributed by atoms with Crippen LogP contribution < -0.4 is 10.6 Å². The number of halogens is 2. The summed E-state index contributed by atoms with van der Waals surface area (Å²) in [5, 5.41) is 10.8. The van der Waals surface area contributed by atoms with Gasteiger partial charge in [-0.25, -0.2) is 9.48 Å². The summed E-state index contributed by atoms with van der Waals surface area (Å²) >= 11 is 12.3. The first-order valence-electron chi connectivity index (χ1n) is 11.4. The van der Waals surface area contributed by atoms with Gasteiger partial charge >= 0.3 is 12.0 Å². The number of hydrogen-bond acceptors (Lipinski definition) is 5. The standard InChI is InChI=1S/C24H33Cl2N5O4/c1-7-35-22(33)12-27-23(34)30(13-15(2)3)14-21(32)28-20-11-19(24(4,5)6)29-31(20)16-8-9-17(25)18(26)10-16/h8-11,15H,7,12-14H2,1-6H3,(H,27,34)(H,28,32). The zero-order valence-electron chi connectivity index (χ0n) is 20.9. The molecule has 3 amide bonds. The van der Waals surface area contributed by atoms with Crippen LogP contribution in [0.3, 0.4) is 0 Å². The maximum atomic E-state index is 13.0. The molecule has 0 atom stereocenters. The van der Waals surface area contributed by atoms with E-state index in [1.54, 1.807) is 35.9 Å². The predicted molar refractivity (Wildman–Crippen MR) is 137 cm³/mol. The summed E-state index contributed by atoms with van der Waals surface area (Å²) in [6.45, 7) is 11.6. The number of carbonyl (C=O) groups is 3. The third-order valence-electron chi connectivity index (χ3n) is 4.79. The first kappa shape index (κ1) is 28.5. The fourth-order valence-corrected chi connectivity index (χ4v) is 3.43. The molecule has 0 saturated carbocycles. The third-order valence-corrected chi connectivity index (χ3v) is 5.53. The van der Waals surface area contributed by atoms with Gasteiger partial charge in [0.25, 0.3) is 0 Å². The van der Waals surface area contributed by atoms with Gasteiger partial charge in [0.2, 0.25) is 5.91 Å². The molecule has 192 valence electrons. The highest BCUT2D eigenvalue weighted by Crippen LogP contribution is 2.29. The van der Waals surface area contributed by atoms with Crippen LogP contribution in [0.15, 0.2) is 24.3 Å². The summed E-state index contributed by atoms with van der Waals surface area (Å²) in [4.78, 5) is 38.6. The lowest BCUT2D eigenvalue weighted by molar-refractivity contribution is -0.141. The number of ether oxygens (including phenoxy) is 1. The van der Waals surface area contributed by atoms with E-state index in [4.69, 9.17) is 27.9 Å². The first-order chi connectivity index (χ1) is 16.3. The molecule has 11 heteroatoms. The monoisotopic (exact) mass is 525 g/mol. The second-order valence-electron chi connectivity index (χ2n) is 9.46. The summed E-state index contributed by atoms with van der Waals surface area (Å²) in [7, 11) is 0. The van der Waals surface area contributed by atoms with Crippen LogP contribution in [0.5, 0.6) is 0 Å². The number of urea groups is 1. The van der Waals surface area contributed by atoms with Gasteiger partial charge in [-0.1, -0.05) is 57.8 Å². The Bertz CT molecular complexity index is 1060. The lowest BCUT2D eigenvalue weighted by atomic mass is 9.92. The van der Waals surface area contributed by atoms with Crippen molar-refractivity contribution < 1.29 is 19.1 Å². The molecule has 2 aromatic rings. The Kier molecular flexibility index (Phi) is 9.97. The van der Waals surface area contributed by atoms with E-state index in [-0.39, 0.29) is 31.0 Å². The van der Waals surface area contributed by atoms with E-state index < -0.39 is 17.9 Å². The number of nitrogens with zero attached hydrogens (tertiary/aromatic N) is 3. The smallest absolute Gasteiger partial charge is 0.325 e. The molecular formula is C24H33Cl2N5O4. The van der Waals surface area contributed by atoms with E-state index >= 15 is 0 Å². The molecule has 9 nitrogen and oxygen atoms in total. The molecule has 0 saturated heterocycles. The molecule has 0 fully saturated rings. The number of anilines is 1. The molecule has 1 aromatic heterocycles. The van der Waals surface area contributed by atoms with Crippen molar-refractivity contribution in [3.8, 4) is 5.69 Å². The highest BCUT2D eigenvalue weighted by molar-refractivity contribution is 6.42. The van der Waals surface area contributed by atoms with Gasteiger partial charge in [-0.3, -0.25) is 9.59 Å². The molecule has 1 heterocycles. The topological polar surface area (TPSA) is 106 Å². The second-order valence-corrected chi connectivity index (χ2v) is 10.3. The zero-order valence-corrected chi connectivity index (χ0v) is 22.5. The van der Waals surface area contributed by atoms with Crippen LogP contribution in [0.2, 0.25) is 10.0 Å². The van der Waals surface area contributed by atoms with Gasteiger partial charge in [-0.2, -0.15) is 5.10 Å². The van der Waals surface area contributed by atoms with Crippen LogP contribution in [0.25, 0.3) is 5.69 Å². The van der Waals surface area contributed by atoms with Crippen molar-refractivity contribution in [2.75, 3.05) is 31.6 Å². The molecule has 35 heavy (non-hydrogen) atoms. The van der Waals surface area contributed by atoms with Crippen molar-refractivity contribution >= 4 is 46.9 Å². The number of hydrogen-bond donors (Lipinski definition) is 2. The van der Waals surface area contributed by atoms with Gasteiger partial charge in [-0.05, 0) is 31.0 Å². The maximum Gasteiger partial charge on any atom is 0.325 e. The average molecular weight is 526 g/mol. The number of esters is 1. The van der Waals surface area contributed by atoms with Crippen molar-refractivity contribution in [2.45, 2.75) is 47.0 Å². The lowest BCUT2D eigenvalue weighted by Gasteiger charge is -2.24. The van der Waals surface area contributed by atoms with Crippen molar-refractivity contribution in [1.82, 2.24) is 20.0 Å². The van der Waals surface area contributed by atoms with Crippen LogP contribution in [0.4, 0.5) is 10.6 Å². The van der Waals surface area contributed by atoms with Gasteiger partial charge in [0.05, 0.1) is 28.0 Å². The number of carbonyl (C=O) groups excluding carboxylic acids is 3. The molecule has 1 aromatic carbocycles. The molecule has 0 aliphatic carbocycles. The largest absolute Gasteiger partial charge is 0.465 e. The number of rotatable bonds is 9. The summed E-state index contributed by atoms with van der Waals surface area (Å²) in [6.07, 6.45) is 0. The van der Waals surface area contributed by atoms with E-state index in [1.807, 2.05) is 34.6 Å². The molecule has 0 bridgehead atoms. The number of amides is 3. The Hall–Kier alpha value is -2.78. The number of benzene rings is 1. The van der Waals surface area contributed by atoms with E-state index in [0.29, 0.717) is 28.1 Å². The highest BCUT2D eigenvalue weighted by atomic mass is 35.5. The van der Waals surface area contributed by atoms with Crippen molar-refractivity contribution in [2.24, 2.45) is 5.92 Å². The highest BCUT2D eigenvalue weighted by Gasteiger charge is 2.24. The maximum absolute atomic E-state index is 13.0. The fraction of sp³-hybridized carbons (Fsp3) is 0.500. The molecule has 2 rings (SSSR count). The quantitative estimate of drug-likeness (QED) is 0.463. The number of nitrogens with one attached hydrogen (secondary N) is 2. The van der Waals surface area contributed by atoms with Gasteiger partial charge in [0.15, 0.2) is 0 Å². The van der Waals surface area contributed by atoms with Crippen molar-refractivity contribution in [3.63, 3.8) is 0 Å². The van der Waals surface area contributed by atoms with Crippen molar-refractivity contribution in [1.29, 1.82) is 0 Å². The van der Waals surface area contributed by atoms with Crippen molar-refractivity contribution in [3.05, 3.63) is 40.0 Å². The molecule has 2 N–H and O–H groups in total. The summed E-state index contributed by atoms with van der Waals surface area (Å²) in [5.41, 5.74) is 1.10. The van der Waals surface area contributed by atoms with Crippen LogP contribution in [0, 0.1) is 5.92 Å². The van der Waals surface area contributed by atoms with E-state index in [0.717, 1.165) is 5.69 Å². The molecule has 0 unspecified atom stereocenters. The Labute approximate surface area is 216 Å². The first-order valence-corrected chi connectivity index (χ1v) is 12.1. The minimum atomic E-state index is -0.546. The Morgan fingerprint density at radius 2 is 1.83 bits per heavy atom. The SMILES string of the molecule is CCOC(=O)CNC(=O)N(CC(=O)Nc1cc(C(C)(C)C)nn1-c1ccc(Cl)c(Cl)c1)CC(C)C. The van der Waals surface area contributed by atoms with Crippen LogP contribution >= 0.6 is 23.2 Å². The van der Waals surface area contributed by atoms with E-state index in [1.165, 1.54) is 4.90 Å². The minimum Gasteiger partial charge on any atom is -0.465 e. The summed E-state index contributed by atoms with van der Waals surface area (Å²) in [6, 6.07) is 6.31. The van der Waals surface area contributed by atoms with E-state index in [9.17, 15) is 14.4 Å². The Morgan fingerprint density at radius 3 is 2.40 bits per heavy atom. The van der Waals surface area contributed by atoms with Crippen LogP contribution in [-0.4, -0.2) is 58.8 Å². The Balaban J connectivity index is 2.25. The fourth-order valence-electron chi connectivity index (χ4n) is 3.14. The second kappa shape index (κ2) is 12.3. The van der Waals surface area contributed by atoms with Gasteiger partial charge in [-0.15, -0.1) is 0 Å². The summed E-state index contributed by atoms with van der Waals surface area (Å²) < 4.78 is 6.41. The minimum absolute atomic E-state index is 0.102. The van der Waals surface area contributed by atoms with E-state index in [2.05, 4.69) is 15.7 Å². The van der Waals surface area contributed by atoms with Crippen LogP contribution in [-0.2, 0) is 19.7 Å². The van der Waals surface area contributed by atoms with Crippen LogP contribution in [0.1, 0.15) is 47.2 Å².